The van der Waals surface area contributed by atoms with Crippen molar-refractivity contribution in [2.75, 3.05) is 31.1 Å². The summed E-state index contributed by atoms with van der Waals surface area (Å²) in [6, 6.07) is 11.9. The third-order valence-corrected chi connectivity index (χ3v) is 5.05. The molecule has 3 rings (SSSR count). The Balaban J connectivity index is 1.79. The van der Waals surface area contributed by atoms with E-state index in [-0.39, 0.29) is 5.82 Å². The van der Waals surface area contributed by atoms with Gasteiger partial charge >= 0.3 is 5.97 Å². The average molecular weight is 342 g/mol. The minimum absolute atomic E-state index is 0.236. The predicted octanol–water partition coefficient (Wildman–Crippen LogP) is 3.39. The number of benzene rings is 2. The van der Waals surface area contributed by atoms with Crippen LogP contribution in [0.5, 0.6) is 0 Å². The van der Waals surface area contributed by atoms with E-state index in [2.05, 4.69) is 0 Å². The van der Waals surface area contributed by atoms with E-state index in [9.17, 15) is 14.3 Å². The molecule has 132 valence electrons. The standard InChI is InChI=1S/C20H23FN2O2/c1-14-6-5-7-16(15(14)2)19(20(24)25)23-12-10-22(11-13-23)18-9-4-3-8-17(18)21/h3-9,19H,10-13H2,1-2H3,(H,24,25). The van der Waals surface area contributed by atoms with Crippen molar-refractivity contribution in [2.45, 2.75) is 19.9 Å². The zero-order chi connectivity index (χ0) is 18.0. The van der Waals surface area contributed by atoms with Crippen molar-refractivity contribution < 1.29 is 14.3 Å². The van der Waals surface area contributed by atoms with Gasteiger partial charge in [0.15, 0.2) is 0 Å². The summed E-state index contributed by atoms with van der Waals surface area (Å²) in [5.41, 5.74) is 3.53. The van der Waals surface area contributed by atoms with Gasteiger partial charge in [0, 0.05) is 26.2 Å². The van der Waals surface area contributed by atoms with Gasteiger partial charge in [-0.05, 0) is 42.7 Å². The van der Waals surface area contributed by atoms with Gasteiger partial charge in [-0.2, -0.15) is 0 Å². The van der Waals surface area contributed by atoms with Crippen LogP contribution in [0.2, 0.25) is 0 Å². The molecule has 25 heavy (non-hydrogen) atoms. The highest BCUT2D eigenvalue weighted by Crippen LogP contribution is 2.28. The van der Waals surface area contributed by atoms with Gasteiger partial charge in [-0.25, -0.2) is 4.39 Å². The van der Waals surface area contributed by atoms with E-state index in [0.29, 0.717) is 31.9 Å². The van der Waals surface area contributed by atoms with Gasteiger partial charge in [-0.15, -0.1) is 0 Å². The van der Waals surface area contributed by atoms with Gasteiger partial charge in [-0.1, -0.05) is 30.3 Å². The molecule has 0 radical (unpaired) electrons. The molecule has 1 atom stereocenters. The minimum atomic E-state index is -0.840. The zero-order valence-corrected chi connectivity index (χ0v) is 14.6. The largest absolute Gasteiger partial charge is 0.480 e. The lowest BCUT2D eigenvalue weighted by Crippen LogP contribution is -2.49. The van der Waals surface area contributed by atoms with Crippen LogP contribution >= 0.6 is 0 Å². The maximum atomic E-state index is 14.0. The summed E-state index contributed by atoms with van der Waals surface area (Å²) in [7, 11) is 0. The third-order valence-electron chi connectivity index (χ3n) is 5.05. The maximum absolute atomic E-state index is 14.0. The molecule has 0 aromatic heterocycles. The van der Waals surface area contributed by atoms with Crippen molar-refractivity contribution >= 4 is 11.7 Å². The Kier molecular flexibility index (Phi) is 5.04. The third kappa shape index (κ3) is 3.51. The van der Waals surface area contributed by atoms with Gasteiger partial charge in [0.2, 0.25) is 0 Å². The molecule has 0 spiro atoms. The summed E-state index contributed by atoms with van der Waals surface area (Å²) in [6.45, 7) is 6.34. The number of aliphatic carboxylic acids is 1. The Morgan fingerprint density at radius 3 is 2.36 bits per heavy atom. The lowest BCUT2D eigenvalue weighted by atomic mass is 9.96. The van der Waals surface area contributed by atoms with Crippen LogP contribution in [0.25, 0.3) is 0 Å². The number of hydrogen-bond donors (Lipinski definition) is 1. The first-order chi connectivity index (χ1) is 12.0. The first kappa shape index (κ1) is 17.4. The molecule has 1 unspecified atom stereocenters. The van der Waals surface area contributed by atoms with Crippen molar-refractivity contribution in [3.05, 3.63) is 65.0 Å². The number of anilines is 1. The number of rotatable bonds is 4. The van der Waals surface area contributed by atoms with E-state index in [0.717, 1.165) is 16.7 Å². The summed E-state index contributed by atoms with van der Waals surface area (Å²) < 4.78 is 14.0. The molecule has 1 aliphatic rings. The maximum Gasteiger partial charge on any atom is 0.325 e. The van der Waals surface area contributed by atoms with Gasteiger partial charge in [-0.3, -0.25) is 9.69 Å². The second kappa shape index (κ2) is 7.23. The molecule has 2 aromatic rings. The number of piperazine rings is 1. The van der Waals surface area contributed by atoms with Crippen LogP contribution in [0.3, 0.4) is 0 Å². The summed E-state index contributed by atoms with van der Waals surface area (Å²) in [5.74, 6) is -1.08. The van der Waals surface area contributed by atoms with Gasteiger partial charge in [0.05, 0.1) is 5.69 Å². The molecule has 4 nitrogen and oxygen atoms in total. The van der Waals surface area contributed by atoms with E-state index >= 15 is 0 Å². The number of para-hydroxylation sites is 1. The van der Waals surface area contributed by atoms with Gasteiger partial charge in [0.25, 0.3) is 0 Å². The number of carboxylic acid groups (broad SMARTS) is 1. The quantitative estimate of drug-likeness (QED) is 0.925. The number of aryl methyl sites for hydroxylation is 1. The van der Waals surface area contributed by atoms with E-state index in [1.165, 1.54) is 6.07 Å². The van der Waals surface area contributed by atoms with E-state index in [4.69, 9.17) is 0 Å². The van der Waals surface area contributed by atoms with Crippen molar-refractivity contribution in [2.24, 2.45) is 0 Å². The number of halogens is 1. The lowest BCUT2D eigenvalue weighted by molar-refractivity contribution is -0.143. The number of hydrogen-bond acceptors (Lipinski definition) is 3. The van der Waals surface area contributed by atoms with Crippen LogP contribution in [0, 0.1) is 19.7 Å². The molecule has 1 N–H and O–H groups in total. The molecule has 1 aliphatic heterocycles. The molecule has 0 amide bonds. The molecule has 1 saturated heterocycles. The summed E-state index contributed by atoms with van der Waals surface area (Å²) in [5, 5.41) is 9.81. The highest BCUT2D eigenvalue weighted by molar-refractivity contribution is 5.76. The molecule has 2 aromatic carbocycles. The lowest BCUT2D eigenvalue weighted by Gasteiger charge is -2.39. The molecule has 1 heterocycles. The highest BCUT2D eigenvalue weighted by atomic mass is 19.1. The Hall–Kier alpha value is -2.40. The molecule has 5 heteroatoms. The zero-order valence-electron chi connectivity index (χ0n) is 14.6. The van der Waals surface area contributed by atoms with Crippen LogP contribution in [-0.4, -0.2) is 42.2 Å². The second-order valence-corrected chi connectivity index (χ2v) is 6.50. The normalized spacial score (nSPS) is 16.7. The smallest absolute Gasteiger partial charge is 0.325 e. The number of carbonyl (C=O) groups is 1. The van der Waals surface area contributed by atoms with E-state index < -0.39 is 12.0 Å². The topological polar surface area (TPSA) is 43.8 Å². The molecule has 0 aliphatic carbocycles. The fourth-order valence-electron chi connectivity index (χ4n) is 3.49. The molecule has 1 fully saturated rings. The van der Waals surface area contributed by atoms with Crippen molar-refractivity contribution in [3.63, 3.8) is 0 Å². The minimum Gasteiger partial charge on any atom is -0.480 e. The summed E-state index contributed by atoms with van der Waals surface area (Å²) >= 11 is 0. The molecule has 0 saturated carbocycles. The Bertz CT molecular complexity index is 770. The molecule has 0 bridgehead atoms. The molecular formula is C20H23FN2O2. The SMILES string of the molecule is Cc1cccc(C(C(=O)O)N2CCN(c3ccccc3F)CC2)c1C. The van der Waals surface area contributed by atoms with E-state index in [1.54, 1.807) is 12.1 Å². The number of carboxylic acids is 1. The van der Waals surface area contributed by atoms with E-state index in [1.807, 2.05) is 47.9 Å². The Labute approximate surface area is 147 Å². The first-order valence-electron chi connectivity index (χ1n) is 8.51. The van der Waals surface area contributed by atoms with Crippen LogP contribution in [0.15, 0.2) is 42.5 Å². The van der Waals surface area contributed by atoms with Gasteiger partial charge in [0.1, 0.15) is 11.9 Å². The van der Waals surface area contributed by atoms with Crippen LogP contribution in [0.4, 0.5) is 10.1 Å². The summed E-state index contributed by atoms with van der Waals surface area (Å²) in [4.78, 5) is 15.9. The number of nitrogens with zero attached hydrogens (tertiary/aromatic N) is 2. The molecular weight excluding hydrogens is 319 g/mol. The fraction of sp³-hybridized carbons (Fsp3) is 0.350. The van der Waals surface area contributed by atoms with Crippen molar-refractivity contribution in [3.8, 4) is 0 Å². The van der Waals surface area contributed by atoms with Crippen LogP contribution in [0.1, 0.15) is 22.7 Å². The van der Waals surface area contributed by atoms with Crippen LogP contribution in [-0.2, 0) is 4.79 Å². The van der Waals surface area contributed by atoms with Crippen molar-refractivity contribution in [1.29, 1.82) is 0 Å². The fourth-order valence-corrected chi connectivity index (χ4v) is 3.49. The Morgan fingerprint density at radius 1 is 1.04 bits per heavy atom. The van der Waals surface area contributed by atoms with Crippen LogP contribution < -0.4 is 4.90 Å². The Morgan fingerprint density at radius 2 is 1.72 bits per heavy atom. The summed E-state index contributed by atoms with van der Waals surface area (Å²) in [6.07, 6.45) is 0. The predicted molar refractivity (Wildman–Crippen MR) is 96.5 cm³/mol. The van der Waals surface area contributed by atoms with Gasteiger partial charge < -0.3 is 10.0 Å². The van der Waals surface area contributed by atoms with Crippen molar-refractivity contribution in [1.82, 2.24) is 4.90 Å². The highest BCUT2D eigenvalue weighted by Gasteiger charge is 2.31. The second-order valence-electron chi connectivity index (χ2n) is 6.50. The monoisotopic (exact) mass is 342 g/mol. The first-order valence-corrected chi connectivity index (χ1v) is 8.51. The average Bonchev–Trinajstić information content (AvgIpc) is 2.60.